The highest BCUT2D eigenvalue weighted by molar-refractivity contribution is 6.25. The molecule has 9 rings (SSSR count). The summed E-state index contributed by atoms with van der Waals surface area (Å²) in [5, 5.41) is 7.78. The first kappa shape index (κ1) is 26.2. The van der Waals surface area contributed by atoms with Crippen LogP contribution < -0.4 is 0 Å². The summed E-state index contributed by atoms with van der Waals surface area (Å²) in [7, 11) is 0. The van der Waals surface area contributed by atoms with Crippen molar-refractivity contribution in [3.63, 3.8) is 0 Å². The van der Waals surface area contributed by atoms with Crippen LogP contribution in [0.5, 0.6) is 0 Å². The second-order valence-electron chi connectivity index (χ2n) is 11.7. The summed E-state index contributed by atoms with van der Waals surface area (Å²) in [6.45, 7) is 0. The zero-order valence-corrected chi connectivity index (χ0v) is 24.9. The number of nitrogens with zero attached hydrogens (tertiary/aromatic N) is 3. The lowest BCUT2D eigenvalue weighted by atomic mass is 9.89. The summed E-state index contributed by atoms with van der Waals surface area (Å²) in [5.74, 6) is 0.707. The first-order valence-electron chi connectivity index (χ1n) is 15.5. The molecule has 0 bridgehead atoms. The quantitative estimate of drug-likeness (QED) is 0.189. The highest BCUT2D eigenvalue weighted by Gasteiger charge is 2.14. The third kappa shape index (κ3) is 4.49. The number of hydrogen-bond donors (Lipinski definition) is 0. The van der Waals surface area contributed by atoms with Gasteiger partial charge in [0, 0.05) is 29.1 Å². The molecular formula is C43H27N3. The van der Waals surface area contributed by atoms with E-state index in [1.54, 1.807) is 0 Å². The zero-order valence-electron chi connectivity index (χ0n) is 24.9. The van der Waals surface area contributed by atoms with Gasteiger partial charge in [0.2, 0.25) is 0 Å². The van der Waals surface area contributed by atoms with Gasteiger partial charge in [-0.3, -0.25) is 4.98 Å². The van der Waals surface area contributed by atoms with Crippen LogP contribution >= 0.6 is 0 Å². The van der Waals surface area contributed by atoms with Crippen molar-refractivity contribution < 1.29 is 0 Å². The van der Waals surface area contributed by atoms with Crippen molar-refractivity contribution in [3.8, 4) is 56.2 Å². The van der Waals surface area contributed by atoms with Crippen LogP contribution in [0.15, 0.2) is 164 Å². The third-order valence-corrected chi connectivity index (χ3v) is 8.95. The van der Waals surface area contributed by atoms with E-state index in [2.05, 4.69) is 126 Å². The van der Waals surface area contributed by atoms with Crippen molar-refractivity contribution in [2.75, 3.05) is 0 Å². The average Bonchev–Trinajstić information content (AvgIpc) is 3.14. The lowest BCUT2D eigenvalue weighted by Gasteiger charge is -2.14. The SMILES string of the molecule is c1ccc(-c2nc(-c3ccc(-c4ccc5ccc6cccc7ccc4c5c67)cc3)cc(-c3cccc(-c4ccncc4)c3)n2)cc1. The Labute approximate surface area is 266 Å². The standard InChI is InChI=1S/C43H27N3/c1-2-6-34(7-3-1)43-45-39(27-40(46-43)36-11-5-10-35(26-36)28-22-24-44-25-23-28)30-14-12-29(13-15-30)37-20-18-33-17-16-31-8-4-9-32-19-21-38(37)42(33)41(31)32/h1-27H. The molecule has 3 heteroatoms. The fourth-order valence-electron chi connectivity index (χ4n) is 6.67. The zero-order chi connectivity index (χ0) is 30.5. The van der Waals surface area contributed by atoms with E-state index in [1.165, 1.54) is 43.4 Å². The number of aromatic nitrogens is 3. The fourth-order valence-corrected chi connectivity index (χ4v) is 6.67. The van der Waals surface area contributed by atoms with Gasteiger partial charge in [-0.1, -0.05) is 127 Å². The monoisotopic (exact) mass is 585 g/mol. The molecule has 0 fully saturated rings. The molecule has 0 atom stereocenters. The molecule has 7 aromatic carbocycles. The van der Waals surface area contributed by atoms with Gasteiger partial charge in [-0.15, -0.1) is 0 Å². The lowest BCUT2D eigenvalue weighted by molar-refractivity contribution is 1.18. The van der Waals surface area contributed by atoms with Gasteiger partial charge < -0.3 is 0 Å². The van der Waals surface area contributed by atoms with Crippen LogP contribution in [0.2, 0.25) is 0 Å². The minimum absolute atomic E-state index is 0.707. The highest BCUT2D eigenvalue weighted by atomic mass is 14.9. The predicted molar refractivity (Wildman–Crippen MR) is 191 cm³/mol. The summed E-state index contributed by atoms with van der Waals surface area (Å²) >= 11 is 0. The summed E-state index contributed by atoms with van der Waals surface area (Å²) in [4.78, 5) is 14.3. The largest absolute Gasteiger partial charge is 0.265 e. The van der Waals surface area contributed by atoms with E-state index in [0.717, 1.165) is 39.2 Å². The molecule has 0 N–H and O–H groups in total. The molecule has 0 unspecified atom stereocenters. The number of rotatable bonds is 5. The smallest absolute Gasteiger partial charge is 0.160 e. The van der Waals surface area contributed by atoms with Crippen molar-refractivity contribution in [2.24, 2.45) is 0 Å². The molecule has 0 spiro atoms. The van der Waals surface area contributed by atoms with Crippen LogP contribution in [-0.4, -0.2) is 15.0 Å². The second kappa shape index (κ2) is 10.8. The van der Waals surface area contributed by atoms with E-state index in [4.69, 9.17) is 9.97 Å². The second-order valence-corrected chi connectivity index (χ2v) is 11.7. The van der Waals surface area contributed by atoms with Crippen molar-refractivity contribution in [1.29, 1.82) is 0 Å². The van der Waals surface area contributed by atoms with Crippen LogP contribution in [0, 0.1) is 0 Å². The molecule has 46 heavy (non-hydrogen) atoms. The summed E-state index contributed by atoms with van der Waals surface area (Å²) in [5.41, 5.74) is 9.52. The van der Waals surface area contributed by atoms with Gasteiger partial charge in [0.25, 0.3) is 0 Å². The van der Waals surface area contributed by atoms with Crippen LogP contribution in [-0.2, 0) is 0 Å². The Morgan fingerprint density at radius 3 is 1.74 bits per heavy atom. The van der Waals surface area contributed by atoms with E-state index >= 15 is 0 Å². The van der Waals surface area contributed by atoms with Crippen LogP contribution in [0.4, 0.5) is 0 Å². The Bertz CT molecular complexity index is 2490. The first-order chi connectivity index (χ1) is 22.8. The minimum atomic E-state index is 0.707. The summed E-state index contributed by atoms with van der Waals surface area (Å²) in [6, 6.07) is 53.7. The Morgan fingerprint density at radius 1 is 0.348 bits per heavy atom. The average molecular weight is 586 g/mol. The molecule has 0 aliphatic carbocycles. The molecule has 0 saturated carbocycles. The molecule has 214 valence electrons. The molecular weight excluding hydrogens is 558 g/mol. The minimum Gasteiger partial charge on any atom is -0.265 e. The van der Waals surface area contributed by atoms with Gasteiger partial charge in [-0.2, -0.15) is 0 Å². The molecule has 2 aromatic heterocycles. The third-order valence-electron chi connectivity index (χ3n) is 8.95. The molecule has 2 heterocycles. The van der Waals surface area contributed by atoms with Gasteiger partial charge in [0.1, 0.15) is 0 Å². The van der Waals surface area contributed by atoms with Crippen molar-refractivity contribution in [3.05, 3.63) is 164 Å². The van der Waals surface area contributed by atoms with Crippen LogP contribution in [0.1, 0.15) is 0 Å². The normalized spacial score (nSPS) is 11.5. The van der Waals surface area contributed by atoms with Gasteiger partial charge in [0.05, 0.1) is 11.4 Å². The maximum absolute atomic E-state index is 5.07. The van der Waals surface area contributed by atoms with E-state index in [-0.39, 0.29) is 0 Å². The van der Waals surface area contributed by atoms with Gasteiger partial charge in [0.15, 0.2) is 5.82 Å². The maximum atomic E-state index is 5.07. The van der Waals surface area contributed by atoms with Crippen molar-refractivity contribution in [1.82, 2.24) is 15.0 Å². The van der Waals surface area contributed by atoms with E-state index in [1.807, 2.05) is 42.7 Å². The topological polar surface area (TPSA) is 38.7 Å². The maximum Gasteiger partial charge on any atom is 0.160 e. The number of hydrogen-bond acceptors (Lipinski definition) is 3. The molecule has 9 aromatic rings. The number of benzene rings is 7. The Balaban J connectivity index is 1.15. The Hall–Kier alpha value is -6.19. The molecule has 0 saturated heterocycles. The Morgan fingerprint density at radius 2 is 0.957 bits per heavy atom. The molecule has 3 nitrogen and oxygen atoms in total. The van der Waals surface area contributed by atoms with E-state index < -0.39 is 0 Å². The van der Waals surface area contributed by atoms with E-state index in [0.29, 0.717) is 5.82 Å². The molecule has 0 aliphatic heterocycles. The first-order valence-corrected chi connectivity index (χ1v) is 15.5. The van der Waals surface area contributed by atoms with Gasteiger partial charge in [-0.05, 0) is 78.8 Å². The highest BCUT2D eigenvalue weighted by Crippen LogP contribution is 2.40. The molecule has 0 amide bonds. The fraction of sp³-hybridized carbons (Fsp3) is 0. The van der Waals surface area contributed by atoms with E-state index in [9.17, 15) is 0 Å². The Kier molecular flexibility index (Phi) is 6.14. The molecule has 0 aliphatic rings. The lowest BCUT2D eigenvalue weighted by Crippen LogP contribution is -1.96. The molecule has 0 radical (unpaired) electrons. The number of pyridine rings is 1. The predicted octanol–water partition coefficient (Wildman–Crippen LogP) is 11.1. The van der Waals surface area contributed by atoms with Crippen LogP contribution in [0.25, 0.3) is 88.5 Å². The van der Waals surface area contributed by atoms with Gasteiger partial charge in [-0.25, -0.2) is 9.97 Å². The summed E-state index contributed by atoms with van der Waals surface area (Å²) < 4.78 is 0. The van der Waals surface area contributed by atoms with Crippen LogP contribution in [0.3, 0.4) is 0 Å². The van der Waals surface area contributed by atoms with Gasteiger partial charge >= 0.3 is 0 Å². The summed E-state index contributed by atoms with van der Waals surface area (Å²) in [6.07, 6.45) is 3.65. The van der Waals surface area contributed by atoms with Crippen molar-refractivity contribution >= 4 is 32.3 Å². The van der Waals surface area contributed by atoms with Crippen molar-refractivity contribution in [2.45, 2.75) is 0 Å².